The van der Waals surface area contributed by atoms with E-state index in [-0.39, 0.29) is 5.75 Å². The monoisotopic (exact) mass is 223 g/mol. The fourth-order valence-electron chi connectivity index (χ4n) is 1.66. The molecule has 15 heavy (non-hydrogen) atoms. The summed E-state index contributed by atoms with van der Waals surface area (Å²) in [5, 5.41) is 20.4. The summed E-state index contributed by atoms with van der Waals surface area (Å²) in [7, 11) is 0. The Hall–Kier alpha value is -0.970. The molecule has 0 bridgehead atoms. The molecule has 2 rings (SSSR count). The van der Waals surface area contributed by atoms with Gasteiger partial charge in [0.25, 0.3) is 0 Å². The molecule has 80 valence electrons. The number of aliphatic hydroxyl groups is 2. The zero-order chi connectivity index (χ0) is 10.8. The Morgan fingerprint density at radius 1 is 1.27 bits per heavy atom. The van der Waals surface area contributed by atoms with Crippen molar-refractivity contribution in [3.8, 4) is 0 Å². The van der Waals surface area contributed by atoms with E-state index >= 15 is 0 Å². The Morgan fingerprint density at radius 2 is 2.07 bits per heavy atom. The third-order valence-electron chi connectivity index (χ3n) is 2.49. The highest BCUT2D eigenvalue weighted by Gasteiger charge is 2.19. The molecule has 0 aliphatic heterocycles. The van der Waals surface area contributed by atoms with Gasteiger partial charge in [-0.15, -0.1) is 0 Å². The number of nitrogens with one attached hydrogen (secondary N) is 1. The van der Waals surface area contributed by atoms with E-state index < -0.39 is 12.2 Å². The largest absolute Gasteiger partial charge is 0.389 e. The summed E-state index contributed by atoms with van der Waals surface area (Å²) in [4.78, 5) is 3.05. The molecule has 0 spiro atoms. The standard InChI is InChI=1S/C11H13NO2S/c13-9(6-15)11(14)8-3-1-2-7-4-5-12-10(7)8/h1-5,9,11-15H,6H2. The zero-order valence-electron chi connectivity index (χ0n) is 8.09. The molecule has 0 amide bonds. The van der Waals surface area contributed by atoms with Crippen LogP contribution in [0.15, 0.2) is 30.5 Å². The van der Waals surface area contributed by atoms with Crippen molar-refractivity contribution >= 4 is 23.5 Å². The highest BCUT2D eigenvalue weighted by Crippen LogP contribution is 2.25. The van der Waals surface area contributed by atoms with Gasteiger partial charge in [0.1, 0.15) is 6.10 Å². The van der Waals surface area contributed by atoms with Gasteiger partial charge in [-0.1, -0.05) is 18.2 Å². The van der Waals surface area contributed by atoms with E-state index in [1.54, 1.807) is 6.07 Å². The summed E-state index contributed by atoms with van der Waals surface area (Å²) >= 11 is 3.96. The van der Waals surface area contributed by atoms with Gasteiger partial charge in [0.15, 0.2) is 0 Å². The van der Waals surface area contributed by atoms with E-state index in [1.807, 2.05) is 24.4 Å². The third kappa shape index (κ3) is 1.88. The smallest absolute Gasteiger partial charge is 0.108 e. The number of rotatable bonds is 3. The first kappa shape index (κ1) is 10.5. The number of fused-ring (bicyclic) bond motifs is 1. The van der Waals surface area contributed by atoms with E-state index in [4.69, 9.17) is 0 Å². The summed E-state index contributed by atoms with van der Waals surface area (Å²) in [6.07, 6.45) is 0.0700. The van der Waals surface area contributed by atoms with Crippen LogP contribution in [0.1, 0.15) is 11.7 Å². The van der Waals surface area contributed by atoms with E-state index in [0.29, 0.717) is 5.56 Å². The third-order valence-corrected chi connectivity index (χ3v) is 2.86. The number of para-hydroxylation sites is 1. The van der Waals surface area contributed by atoms with Gasteiger partial charge in [-0.25, -0.2) is 0 Å². The Bertz CT molecular complexity index is 455. The number of aromatic nitrogens is 1. The second-order valence-corrected chi connectivity index (χ2v) is 3.85. The number of H-pyrrole nitrogens is 1. The first-order chi connectivity index (χ1) is 7.24. The number of benzene rings is 1. The summed E-state index contributed by atoms with van der Waals surface area (Å²) < 4.78 is 0. The molecule has 2 aromatic rings. The molecule has 0 aliphatic rings. The van der Waals surface area contributed by atoms with Crippen molar-refractivity contribution in [2.75, 3.05) is 5.75 Å². The zero-order valence-corrected chi connectivity index (χ0v) is 8.98. The molecule has 3 N–H and O–H groups in total. The van der Waals surface area contributed by atoms with Crippen LogP contribution in [-0.2, 0) is 0 Å². The van der Waals surface area contributed by atoms with E-state index in [0.717, 1.165) is 10.9 Å². The molecule has 0 radical (unpaired) electrons. The van der Waals surface area contributed by atoms with Crippen LogP contribution < -0.4 is 0 Å². The maximum absolute atomic E-state index is 9.89. The molecule has 4 heteroatoms. The molecule has 1 heterocycles. The van der Waals surface area contributed by atoms with Crippen LogP contribution in [0, 0.1) is 0 Å². The molecule has 0 saturated carbocycles. The molecule has 2 unspecified atom stereocenters. The second kappa shape index (κ2) is 4.26. The van der Waals surface area contributed by atoms with Crippen molar-refractivity contribution in [3.05, 3.63) is 36.0 Å². The molecule has 0 fully saturated rings. The summed E-state index contributed by atoms with van der Waals surface area (Å²) in [5.41, 5.74) is 1.57. The van der Waals surface area contributed by atoms with Crippen molar-refractivity contribution in [2.24, 2.45) is 0 Å². The Kier molecular flexibility index (Phi) is 3.00. The molecular weight excluding hydrogens is 210 g/mol. The normalized spacial score (nSPS) is 15.4. The second-order valence-electron chi connectivity index (χ2n) is 3.48. The average molecular weight is 223 g/mol. The predicted octanol–water partition coefficient (Wildman–Crippen LogP) is 1.49. The molecular formula is C11H13NO2S. The number of aliphatic hydroxyl groups excluding tert-OH is 2. The van der Waals surface area contributed by atoms with Gasteiger partial charge in [-0.3, -0.25) is 0 Å². The molecule has 1 aromatic carbocycles. The average Bonchev–Trinajstić information content (AvgIpc) is 2.74. The van der Waals surface area contributed by atoms with E-state index in [1.165, 1.54) is 0 Å². The lowest BCUT2D eigenvalue weighted by Crippen LogP contribution is -2.19. The number of aromatic amines is 1. The first-order valence-electron chi connectivity index (χ1n) is 4.77. The lowest BCUT2D eigenvalue weighted by molar-refractivity contribution is 0.0346. The number of hydrogen-bond acceptors (Lipinski definition) is 3. The van der Waals surface area contributed by atoms with Crippen LogP contribution in [0.5, 0.6) is 0 Å². The highest BCUT2D eigenvalue weighted by atomic mass is 32.1. The predicted molar refractivity (Wildman–Crippen MR) is 63.1 cm³/mol. The van der Waals surface area contributed by atoms with E-state index in [2.05, 4.69) is 17.6 Å². The van der Waals surface area contributed by atoms with Gasteiger partial charge < -0.3 is 15.2 Å². The summed E-state index contributed by atoms with van der Waals surface area (Å²) in [6, 6.07) is 7.55. The van der Waals surface area contributed by atoms with Crippen molar-refractivity contribution in [1.29, 1.82) is 0 Å². The first-order valence-corrected chi connectivity index (χ1v) is 5.40. The lowest BCUT2D eigenvalue weighted by atomic mass is 10.0. The molecule has 0 aliphatic carbocycles. The van der Waals surface area contributed by atoms with Crippen molar-refractivity contribution in [1.82, 2.24) is 4.98 Å². The van der Waals surface area contributed by atoms with Crippen molar-refractivity contribution in [2.45, 2.75) is 12.2 Å². The van der Waals surface area contributed by atoms with Gasteiger partial charge in [-0.05, 0) is 11.5 Å². The SMILES string of the molecule is OC(CS)C(O)c1cccc2cc[nH]c12. The maximum Gasteiger partial charge on any atom is 0.108 e. The number of thiol groups is 1. The molecule has 3 nitrogen and oxygen atoms in total. The summed E-state index contributed by atoms with van der Waals surface area (Å²) in [5.74, 6) is 0.234. The maximum atomic E-state index is 9.89. The Balaban J connectivity index is 2.46. The van der Waals surface area contributed by atoms with Gasteiger partial charge in [0.05, 0.1) is 11.6 Å². The van der Waals surface area contributed by atoms with Crippen LogP contribution in [0.3, 0.4) is 0 Å². The van der Waals surface area contributed by atoms with Crippen LogP contribution in [0.4, 0.5) is 0 Å². The van der Waals surface area contributed by atoms with Crippen LogP contribution >= 0.6 is 12.6 Å². The van der Waals surface area contributed by atoms with Crippen molar-refractivity contribution < 1.29 is 10.2 Å². The van der Waals surface area contributed by atoms with E-state index in [9.17, 15) is 10.2 Å². The summed E-state index contributed by atoms with van der Waals surface area (Å²) in [6.45, 7) is 0. The fourth-order valence-corrected chi connectivity index (χ4v) is 1.86. The fraction of sp³-hybridized carbons (Fsp3) is 0.273. The van der Waals surface area contributed by atoms with Crippen molar-refractivity contribution in [3.63, 3.8) is 0 Å². The highest BCUT2D eigenvalue weighted by molar-refractivity contribution is 7.80. The van der Waals surface area contributed by atoms with Gasteiger partial charge >= 0.3 is 0 Å². The minimum absolute atomic E-state index is 0.234. The Labute approximate surface area is 93.2 Å². The minimum Gasteiger partial charge on any atom is -0.389 e. The minimum atomic E-state index is -0.898. The van der Waals surface area contributed by atoms with Gasteiger partial charge in [-0.2, -0.15) is 12.6 Å². The topological polar surface area (TPSA) is 56.2 Å². The van der Waals surface area contributed by atoms with Crippen LogP contribution in [-0.4, -0.2) is 27.1 Å². The van der Waals surface area contributed by atoms with Crippen LogP contribution in [0.25, 0.3) is 10.9 Å². The molecule has 0 saturated heterocycles. The molecule has 1 aromatic heterocycles. The molecule has 2 atom stereocenters. The van der Waals surface area contributed by atoms with Crippen LogP contribution in [0.2, 0.25) is 0 Å². The van der Waals surface area contributed by atoms with Gasteiger partial charge in [0, 0.05) is 17.5 Å². The van der Waals surface area contributed by atoms with Gasteiger partial charge in [0.2, 0.25) is 0 Å². The number of hydrogen-bond donors (Lipinski definition) is 4. The quantitative estimate of drug-likeness (QED) is 0.596. The lowest BCUT2D eigenvalue weighted by Gasteiger charge is -2.16. The Morgan fingerprint density at radius 3 is 2.80 bits per heavy atom.